The molecule has 0 saturated carbocycles. The van der Waals surface area contributed by atoms with E-state index in [4.69, 9.17) is 11.6 Å². The van der Waals surface area contributed by atoms with Crippen LogP contribution < -0.4 is 0 Å². The molecule has 0 amide bonds. The normalized spacial score (nSPS) is 10.4. The van der Waals surface area contributed by atoms with Crippen molar-refractivity contribution in [1.82, 2.24) is 19.7 Å². The highest BCUT2D eigenvalue weighted by molar-refractivity contribution is 6.29. The molecule has 14 heavy (non-hydrogen) atoms. The van der Waals surface area contributed by atoms with Crippen LogP contribution in [0.25, 0.3) is 0 Å². The molecular weight excluding hydrogens is 200 g/mol. The number of aryl methyl sites for hydroxylation is 1. The van der Waals surface area contributed by atoms with Crippen molar-refractivity contribution in [3.8, 4) is 0 Å². The second kappa shape index (κ2) is 3.75. The van der Waals surface area contributed by atoms with E-state index < -0.39 is 0 Å². The Kier molecular flexibility index (Phi) is 2.45. The minimum atomic E-state index is 0.408. The van der Waals surface area contributed by atoms with E-state index in [1.54, 1.807) is 6.20 Å². The summed E-state index contributed by atoms with van der Waals surface area (Å²) in [6.45, 7) is 2.62. The smallest absolute Gasteiger partial charge is 0.147 e. The highest BCUT2D eigenvalue weighted by atomic mass is 35.5. The first kappa shape index (κ1) is 9.15. The number of rotatable bonds is 2. The maximum absolute atomic E-state index is 5.62. The summed E-state index contributed by atoms with van der Waals surface area (Å²) in [4.78, 5) is 8.07. The minimum Gasteiger partial charge on any atom is -0.266 e. The first-order valence-electron chi connectivity index (χ1n) is 4.19. The molecule has 0 unspecified atom stereocenters. The second-order valence-electron chi connectivity index (χ2n) is 3.05. The molecule has 0 saturated heterocycles. The van der Waals surface area contributed by atoms with Crippen LogP contribution in [-0.2, 0) is 6.54 Å². The minimum absolute atomic E-state index is 0.408. The van der Waals surface area contributed by atoms with Gasteiger partial charge in [-0.05, 0) is 12.5 Å². The van der Waals surface area contributed by atoms with Crippen molar-refractivity contribution in [3.05, 3.63) is 41.2 Å². The Morgan fingerprint density at radius 2 is 2.14 bits per heavy atom. The van der Waals surface area contributed by atoms with Gasteiger partial charge in [0, 0.05) is 6.20 Å². The van der Waals surface area contributed by atoms with Gasteiger partial charge in [-0.1, -0.05) is 11.6 Å². The van der Waals surface area contributed by atoms with Gasteiger partial charge in [0.25, 0.3) is 0 Å². The third-order valence-electron chi connectivity index (χ3n) is 1.76. The highest BCUT2D eigenvalue weighted by Gasteiger charge is 1.98. The van der Waals surface area contributed by atoms with E-state index in [1.807, 2.05) is 24.0 Å². The Bertz CT molecular complexity index is 421. The fourth-order valence-electron chi connectivity index (χ4n) is 1.14. The maximum atomic E-state index is 5.62. The zero-order valence-electron chi connectivity index (χ0n) is 7.68. The van der Waals surface area contributed by atoms with Gasteiger partial charge in [0.1, 0.15) is 5.15 Å². The average Bonchev–Trinajstić information content (AvgIpc) is 2.56. The highest BCUT2D eigenvalue weighted by Crippen LogP contribution is 2.03. The molecule has 4 nitrogen and oxygen atoms in total. The van der Waals surface area contributed by atoms with E-state index in [2.05, 4.69) is 15.1 Å². The van der Waals surface area contributed by atoms with E-state index >= 15 is 0 Å². The molecule has 72 valence electrons. The molecule has 5 heteroatoms. The quantitative estimate of drug-likeness (QED) is 0.754. The molecule has 2 heterocycles. The standard InChI is InChI=1S/C9H9ClN4/c1-7-2-13-14(5-7)6-8-3-12-9(10)4-11-8/h2-5H,6H2,1H3. The van der Waals surface area contributed by atoms with Crippen molar-refractivity contribution in [2.24, 2.45) is 0 Å². The van der Waals surface area contributed by atoms with Gasteiger partial charge in [-0.25, -0.2) is 4.98 Å². The van der Waals surface area contributed by atoms with Gasteiger partial charge in [0.2, 0.25) is 0 Å². The van der Waals surface area contributed by atoms with Gasteiger partial charge in [-0.3, -0.25) is 9.67 Å². The summed E-state index contributed by atoms with van der Waals surface area (Å²) in [6, 6.07) is 0. The number of nitrogens with zero attached hydrogens (tertiary/aromatic N) is 4. The molecule has 0 N–H and O–H groups in total. The summed E-state index contributed by atoms with van der Waals surface area (Å²) in [7, 11) is 0. The van der Waals surface area contributed by atoms with Crippen molar-refractivity contribution in [3.63, 3.8) is 0 Å². The lowest BCUT2D eigenvalue weighted by Crippen LogP contribution is -2.02. The molecule has 0 aliphatic rings. The van der Waals surface area contributed by atoms with E-state index in [0.29, 0.717) is 11.7 Å². The molecule has 0 spiro atoms. The lowest BCUT2D eigenvalue weighted by molar-refractivity contribution is 0.669. The lowest BCUT2D eigenvalue weighted by atomic mass is 10.4. The van der Waals surface area contributed by atoms with Crippen LogP contribution in [0, 0.1) is 6.92 Å². The van der Waals surface area contributed by atoms with E-state index in [0.717, 1.165) is 11.3 Å². The van der Waals surface area contributed by atoms with Gasteiger partial charge >= 0.3 is 0 Å². The van der Waals surface area contributed by atoms with Crippen molar-refractivity contribution >= 4 is 11.6 Å². The maximum Gasteiger partial charge on any atom is 0.147 e. The SMILES string of the molecule is Cc1cnn(Cc2cnc(Cl)cn2)c1. The molecule has 0 radical (unpaired) electrons. The third kappa shape index (κ3) is 2.09. The average molecular weight is 209 g/mol. The molecule has 0 aromatic carbocycles. The molecule has 2 aromatic heterocycles. The Hall–Kier alpha value is -1.42. The molecule has 0 atom stereocenters. The summed E-state index contributed by atoms with van der Waals surface area (Å²) in [5, 5.41) is 4.56. The van der Waals surface area contributed by atoms with Crippen LogP contribution >= 0.6 is 11.6 Å². The van der Waals surface area contributed by atoms with Crippen LogP contribution in [0.5, 0.6) is 0 Å². The van der Waals surface area contributed by atoms with Crippen LogP contribution in [0.1, 0.15) is 11.3 Å². The molecular formula is C9H9ClN4. The second-order valence-corrected chi connectivity index (χ2v) is 3.43. The first-order valence-corrected chi connectivity index (χ1v) is 4.57. The lowest BCUT2D eigenvalue weighted by Gasteiger charge is -1.99. The fraction of sp³-hybridized carbons (Fsp3) is 0.222. The molecule has 0 aliphatic heterocycles. The number of hydrogen-bond acceptors (Lipinski definition) is 3. The van der Waals surface area contributed by atoms with Crippen LogP contribution in [0.3, 0.4) is 0 Å². The Balaban J connectivity index is 2.15. The molecule has 2 rings (SSSR count). The zero-order chi connectivity index (χ0) is 9.97. The van der Waals surface area contributed by atoms with Crippen molar-refractivity contribution in [2.45, 2.75) is 13.5 Å². The van der Waals surface area contributed by atoms with Gasteiger partial charge in [0.05, 0.1) is 30.8 Å². The summed E-state index contributed by atoms with van der Waals surface area (Å²) >= 11 is 5.62. The van der Waals surface area contributed by atoms with Gasteiger partial charge in [-0.15, -0.1) is 0 Å². The predicted molar refractivity (Wildman–Crippen MR) is 53.1 cm³/mol. The third-order valence-corrected chi connectivity index (χ3v) is 1.96. The van der Waals surface area contributed by atoms with Crippen molar-refractivity contribution in [2.75, 3.05) is 0 Å². The Morgan fingerprint density at radius 1 is 1.29 bits per heavy atom. The topological polar surface area (TPSA) is 43.6 Å². The summed E-state index contributed by atoms with van der Waals surface area (Å²) in [5.74, 6) is 0. The largest absolute Gasteiger partial charge is 0.266 e. The van der Waals surface area contributed by atoms with Gasteiger partial charge in [0.15, 0.2) is 0 Å². The van der Waals surface area contributed by atoms with Crippen LogP contribution in [0.4, 0.5) is 0 Å². The number of aromatic nitrogens is 4. The van der Waals surface area contributed by atoms with Crippen LogP contribution in [0.15, 0.2) is 24.8 Å². The predicted octanol–water partition coefficient (Wildman–Crippen LogP) is 1.68. The number of halogens is 1. The van der Waals surface area contributed by atoms with Gasteiger partial charge < -0.3 is 0 Å². The van der Waals surface area contributed by atoms with E-state index in [-0.39, 0.29) is 0 Å². The van der Waals surface area contributed by atoms with Crippen molar-refractivity contribution in [1.29, 1.82) is 0 Å². The Labute approximate surface area is 86.6 Å². The van der Waals surface area contributed by atoms with Crippen LogP contribution in [-0.4, -0.2) is 19.7 Å². The van der Waals surface area contributed by atoms with E-state index in [1.165, 1.54) is 6.20 Å². The molecule has 0 fully saturated rings. The van der Waals surface area contributed by atoms with Crippen molar-refractivity contribution < 1.29 is 0 Å². The fourth-order valence-corrected chi connectivity index (χ4v) is 1.24. The summed E-state index contributed by atoms with van der Waals surface area (Å²) in [5.41, 5.74) is 1.98. The van der Waals surface area contributed by atoms with E-state index in [9.17, 15) is 0 Å². The van der Waals surface area contributed by atoms with Crippen LogP contribution in [0.2, 0.25) is 5.15 Å². The molecule has 0 bridgehead atoms. The molecule has 2 aromatic rings. The summed E-state index contributed by atoms with van der Waals surface area (Å²) < 4.78 is 1.81. The first-order chi connectivity index (χ1) is 6.74. The molecule has 0 aliphatic carbocycles. The Morgan fingerprint density at radius 3 is 2.71 bits per heavy atom. The zero-order valence-corrected chi connectivity index (χ0v) is 8.44. The number of hydrogen-bond donors (Lipinski definition) is 0. The monoisotopic (exact) mass is 208 g/mol. The summed E-state index contributed by atoms with van der Waals surface area (Å²) in [6.07, 6.45) is 6.95. The van der Waals surface area contributed by atoms with Gasteiger partial charge in [-0.2, -0.15) is 5.10 Å².